The summed E-state index contributed by atoms with van der Waals surface area (Å²) >= 11 is 5.00. The van der Waals surface area contributed by atoms with Gasteiger partial charge in [0.2, 0.25) is 5.91 Å². The summed E-state index contributed by atoms with van der Waals surface area (Å²) in [5.74, 6) is -0.0453. The highest BCUT2D eigenvalue weighted by molar-refractivity contribution is 9.10. The van der Waals surface area contributed by atoms with E-state index < -0.39 is 0 Å². The number of thiazole rings is 1. The van der Waals surface area contributed by atoms with Gasteiger partial charge in [-0.2, -0.15) is 0 Å². The molecule has 18 heavy (non-hydrogen) atoms. The Hall–Kier alpha value is -1.20. The number of nitrogens with zero attached hydrogens (tertiary/aromatic N) is 1. The molecule has 2 rings (SSSR count). The van der Waals surface area contributed by atoms with E-state index in [0.717, 1.165) is 26.4 Å². The molecule has 0 aliphatic carbocycles. The first-order chi connectivity index (χ1) is 8.54. The quantitative estimate of drug-likeness (QED) is 0.935. The van der Waals surface area contributed by atoms with Gasteiger partial charge in [0, 0.05) is 15.5 Å². The second-order valence-electron chi connectivity index (χ2n) is 4.05. The first kappa shape index (κ1) is 13.2. The number of hydrogen-bond donors (Lipinski definition) is 1. The van der Waals surface area contributed by atoms with Crippen LogP contribution in [-0.4, -0.2) is 10.9 Å². The molecule has 0 aliphatic rings. The molecular formula is C13H13BrN2OS. The molecule has 3 nitrogen and oxygen atoms in total. The van der Waals surface area contributed by atoms with E-state index >= 15 is 0 Å². The van der Waals surface area contributed by atoms with Crippen molar-refractivity contribution in [2.45, 2.75) is 20.3 Å². The number of carbonyl (C=O) groups excluding carboxylic acids is 1. The van der Waals surface area contributed by atoms with Gasteiger partial charge in [-0.3, -0.25) is 4.79 Å². The maximum Gasteiger partial charge on any atom is 0.230 e. The van der Waals surface area contributed by atoms with Crippen LogP contribution in [0.1, 0.15) is 16.3 Å². The van der Waals surface area contributed by atoms with Gasteiger partial charge in [-0.1, -0.05) is 22.0 Å². The lowest BCUT2D eigenvalue weighted by molar-refractivity contribution is -0.115. The second kappa shape index (κ2) is 5.63. The minimum Gasteiger partial charge on any atom is -0.326 e. The molecule has 94 valence electrons. The van der Waals surface area contributed by atoms with Gasteiger partial charge in [0.25, 0.3) is 0 Å². The zero-order valence-corrected chi connectivity index (χ0v) is 12.6. The third kappa shape index (κ3) is 3.40. The van der Waals surface area contributed by atoms with Gasteiger partial charge in [-0.05, 0) is 31.5 Å². The molecule has 0 saturated heterocycles. The lowest BCUT2D eigenvalue weighted by Crippen LogP contribution is -2.14. The number of aromatic nitrogens is 1. The summed E-state index contributed by atoms with van der Waals surface area (Å²) in [6.45, 7) is 3.94. The Morgan fingerprint density at radius 1 is 1.44 bits per heavy atom. The number of nitrogens with one attached hydrogen (secondary N) is 1. The maximum atomic E-state index is 11.8. The van der Waals surface area contributed by atoms with E-state index in [0.29, 0.717) is 6.42 Å². The van der Waals surface area contributed by atoms with Crippen molar-refractivity contribution >= 4 is 38.9 Å². The number of rotatable bonds is 3. The van der Waals surface area contributed by atoms with Crippen LogP contribution in [0.4, 0.5) is 5.69 Å². The van der Waals surface area contributed by atoms with Crippen LogP contribution in [0, 0.1) is 13.8 Å². The topological polar surface area (TPSA) is 42.0 Å². The predicted octanol–water partition coefficient (Wildman–Crippen LogP) is 3.70. The number of aryl methyl sites for hydroxylation is 2. The van der Waals surface area contributed by atoms with Gasteiger partial charge < -0.3 is 5.32 Å². The molecule has 1 amide bonds. The SMILES string of the molecule is Cc1nc(CC(=O)Nc2ccc(C)c(Br)c2)cs1. The fraction of sp³-hybridized carbons (Fsp3) is 0.231. The van der Waals surface area contributed by atoms with Gasteiger partial charge in [-0.25, -0.2) is 4.98 Å². The van der Waals surface area contributed by atoms with Gasteiger partial charge >= 0.3 is 0 Å². The molecule has 1 aromatic heterocycles. The minimum absolute atomic E-state index is 0.0453. The molecule has 0 spiro atoms. The Labute approximate surface area is 118 Å². The Kier molecular flexibility index (Phi) is 4.14. The average Bonchev–Trinajstić information content (AvgIpc) is 2.69. The van der Waals surface area contributed by atoms with Crippen molar-refractivity contribution in [3.63, 3.8) is 0 Å². The van der Waals surface area contributed by atoms with Gasteiger partial charge in [-0.15, -0.1) is 11.3 Å². The monoisotopic (exact) mass is 324 g/mol. The van der Waals surface area contributed by atoms with Crippen molar-refractivity contribution in [3.05, 3.63) is 44.3 Å². The van der Waals surface area contributed by atoms with E-state index in [-0.39, 0.29) is 5.91 Å². The number of halogens is 1. The number of hydrogen-bond acceptors (Lipinski definition) is 3. The molecule has 0 fully saturated rings. The van der Waals surface area contributed by atoms with Gasteiger partial charge in [0.05, 0.1) is 17.1 Å². The highest BCUT2D eigenvalue weighted by atomic mass is 79.9. The van der Waals surface area contributed by atoms with Crippen LogP contribution in [0.15, 0.2) is 28.1 Å². The molecule has 1 N–H and O–H groups in total. The molecule has 0 unspecified atom stereocenters. The summed E-state index contributed by atoms with van der Waals surface area (Å²) in [6.07, 6.45) is 0.315. The van der Waals surface area contributed by atoms with Crippen molar-refractivity contribution in [1.82, 2.24) is 4.98 Å². The summed E-state index contributed by atoms with van der Waals surface area (Å²) in [5.41, 5.74) is 2.76. The molecule has 2 aromatic rings. The number of anilines is 1. The van der Waals surface area contributed by atoms with Crippen molar-refractivity contribution < 1.29 is 4.79 Å². The molecule has 0 bridgehead atoms. The van der Waals surface area contributed by atoms with E-state index in [2.05, 4.69) is 26.2 Å². The van der Waals surface area contributed by atoms with E-state index in [1.54, 1.807) is 11.3 Å². The molecule has 0 radical (unpaired) electrons. The number of amides is 1. The standard InChI is InChI=1S/C13H13BrN2OS/c1-8-3-4-10(5-12(8)14)16-13(17)6-11-7-18-9(2)15-11/h3-5,7H,6H2,1-2H3,(H,16,17). The van der Waals surface area contributed by atoms with Gasteiger partial charge in [0.15, 0.2) is 0 Å². The Bertz CT molecular complexity index is 580. The highest BCUT2D eigenvalue weighted by Crippen LogP contribution is 2.20. The van der Waals surface area contributed by atoms with Crippen LogP contribution < -0.4 is 5.32 Å². The first-order valence-electron chi connectivity index (χ1n) is 5.51. The second-order valence-corrected chi connectivity index (χ2v) is 5.96. The van der Waals surface area contributed by atoms with E-state index in [1.165, 1.54) is 0 Å². The molecule has 5 heteroatoms. The third-order valence-electron chi connectivity index (χ3n) is 2.46. The third-order valence-corrected chi connectivity index (χ3v) is 4.14. The van der Waals surface area contributed by atoms with Crippen molar-refractivity contribution in [1.29, 1.82) is 0 Å². The Balaban J connectivity index is 2.00. The van der Waals surface area contributed by atoms with Crippen molar-refractivity contribution in [2.75, 3.05) is 5.32 Å². The summed E-state index contributed by atoms with van der Waals surface area (Å²) in [4.78, 5) is 16.1. The van der Waals surface area contributed by atoms with Crippen LogP contribution in [0.5, 0.6) is 0 Å². The molecule has 1 heterocycles. The molecule has 0 atom stereocenters. The minimum atomic E-state index is -0.0453. The van der Waals surface area contributed by atoms with Crippen molar-refractivity contribution in [2.24, 2.45) is 0 Å². The molecular weight excluding hydrogens is 312 g/mol. The van der Waals surface area contributed by atoms with Crippen LogP contribution in [0.2, 0.25) is 0 Å². The zero-order valence-electron chi connectivity index (χ0n) is 10.2. The Morgan fingerprint density at radius 3 is 2.83 bits per heavy atom. The van der Waals surface area contributed by atoms with Crippen LogP contribution in [-0.2, 0) is 11.2 Å². The Morgan fingerprint density at radius 2 is 2.22 bits per heavy atom. The van der Waals surface area contributed by atoms with E-state index in [4.69, 9.17) is 0 Å². The summed E-state index contributed by atoms with van der Waals surface area (Å²) in [7, 11) is 0. The summed E-state index contributed by atoms with van der Waals surface area (Å²) < 4.78 is 0.991. The number of carbonyl (C=O) groups is 1. The van der Waals surface area contributed by atoms with Crippen LogP contribution in [0.25, 0.3) is 0 Å². The fourth-order valence-corrected chi connectivity index (χ4v) is 2.52. The molecule has 0 saturated carbocycles. The maximum absolute atomic E-state index is 11.8. The number of benzene rings is 1. The van der Waals surface area contributed by atoms with Crippen LogP contribution in [0.3, 0.4) is 0 Å². The van der Waals surface area contributed by atoms with E-state index in [1.807, 2.05) is 37.4 Å². The van der Waals surface area contributed by atoms with E-state index in [9.17, 15) is 4.79 Å². The molecule has 0 aliphatic heterocycles. The van der Waals surface area contributed by atoms with Crippen LogP contribution >= 0.6 is 27.3 Å². The molecule has 1 aromatic carbocycles. The average molecular weight is 325 g/mol. The summed E-state index contributed by atoms with van der Waals surface area (Å²) in [5, 5.41) is 5.76. The normalized spacial score (nSPS) is 10.4. The lowest BCUT2D eigenvalue weighted by Gasteiger charge is -2.06. The predicted molar refractivity (Wildman–Crippen MR) is 78.1 cm³/mol. The first-order valence-corrected chi connectivity index (χ1v) is 7.19. The zero-order chi connectivity index (χ0) is 13.1. The lowest BCUT2D eigenvalue weighted by atomic mass is 10.2. The largest absolute Gasteiger partial charge is 0.326 e. The highest BCUT2D eigenvalue weighted by Gasteiger charge is 2.07. The summed E-state index contributed by atoms with van der Waals surface area (Å²) in [6, 6.07) is 5.76. The van der Waals surface area contributed by atoms with Gasteiger partial charge in [0.1, 0.15) is 0 Å². The fourth-order valence-electron chi connectivity index (χ4n) is 1.53. The van der Waals surface area contributed by atoms with Crippen molar-refractivity contribution in [3.8, 4) is 0 Å². The smallest absolute Gasteiger partial charge is 0.230 e.